The Hall–Kier alpha value is -2.99. The van der Waals surface area contributed by atoms with Gasteiger partial charge in [0, 0.05) is 23.2 Å². The van der Waals surface area contributed by atoms with Gasteiger partial charge in [0.1, 0.15) is 11.6 Å². The molecule has 1 atom stereocenters. The van der Waals surface area contributed by atoms with Gasteiger partial charge in [0.25, 0.3) is 5.56 Å². The van der Waals surface area contributed by atoms with Gasteiger partial charge >= 0.3 is 0 Å². The van der Waals surface area contributed by atoms with Crippen molar-refractivity contribution in [2.24, 2.45) is 0 Å². The fourth-order valence-corrected chi connectivity index (χ4v) is 3.72. The number of benzene rings is 2. The predicted octanol–water partition coefficient (Wildman–Crippen LogP) is 3.02. The summed E-state index contributed by atoms with van der Waals surface area (Å²) >= 11 is 0. The molecule has 4 N–H and O–H groups in total. The van der Waals surface area contributed by atoms with Gasteiger partial charge in [0.05, 0.1) is 19.8 Å². The summed E-state index contributed by atoms with van der Waals surface area (Å²) in [4.78, 5) is 13.1. The molecule has 4 rings (SSSR count). The summed E-state index contributed by atoms with van der Waals surface area (Å²) in [6.07, 6.45) is 1.94. The minimum absolute atomic E-state index is 0.00669. The fraction of sp³-hybridized carbons (Fsp3) is 0.286. The van der Waals surface area contributed by atoms with Gasteiger partial charge < -0.3 is 20.9 Å². The van der Waals surface area contributed by atoms with Crippen molar-refractivity contribution >= 4 is 22.3 Å². The van der Waals surface area contributed by atoms with E-state index < -0.39 is 0 Å². The molecular formula is C21H23N3O3. The van der Waals surface area contributed by atoms with Crippen molar-refractivity contribution in [3.8, 4) is 16.9 Å². The van der Waals surface area contributed by atoms with Crippen molar-refractivity contribution in [2.75, 3.05) is 25.2 Å². The van der Waals surface area contributed by atoms with Crippen LogP contribution in [0.5, 0.6) is 5.75 Å². The largest absolute Gasteiger partial charge is 0.497 e. The second-order valence-electron chi connectivity index (χ2n) is 6.84. The third kappa shape index (κ3) is 3.13. The second-order valence-corrected chi connectivity index (χ2v) is 6.84. The highest BCUT2D eigenvalue weighted by molar-refractivity contribution is 6.01. The first-order chi connectivity index (χ1) is 13.1. The molecule has 1 aliphatic rings. The lowest BCUT2D eigenvalue weighted by Crippen LogP contribution is -2.29. The zero-order valence-corrected chi connectivity index (χ0v) is 15.3. The van der Waals surface area contributed by atoms with Gasteiger partial charge in [0.15, 0.2) is 0 Å². The standard InChI is InChI=1S/C21H23N3O3/c1-26-15-7-4-13(5-8-15)19-17-9-6-14(22)11-18(17)21(25)24(20(19)23)12-16-3-2-10-27-16/h4-9,11,16H,2-3,10,12,22-23H2,1H3. The monoisotopic (exact) mass is 365 g/mol. The highest BCUT2D eigenvalue weighted by Gasteiger charge is 2.21. The number of hydrogen-bond donors (Lipinski definition) is 2. The number of aromatic nitrogens is 1. The lowest BCUT2D eigenvalue weighted by molar-refractivity contribution is 0.0968. The smallest absolute Gasteiger partial charge is 0.260 e. The Bertz CT molecular complexity index is 1040. The van der Waals surface area contributed by atoms with Gasteiger partial charge in [-0.1, -0.05) is 18.2 Å². The average Bonchev–Trinajstić information content (AvgIpc) is 3.19. The maximum absolute atomic E-state index is 13.1. The Labute approximate surface area is 157 Å². The number of methoxy groups -OCH3 is 1. The highest BCUT2D eigenvalue weighted by atomic mass is 16.5. The molecule has 0 aliphatic carbocycles. The van der Waals surface area contributed by atoms with E-state index in [0.717, 1.165) is 41.7 Å². The van der Waals surface area contributed by atoms with Crippen LogP contribution in [-0.4, -0.2) is 24.4 Å². The molecule has 1 aliphatic heterocycles. The van der Waals surface area contributed by atoms with Crippen LogP contribution in [0.1, 0.15) is 12.8 Å². The molecule has 0 spiro atoms. The number of pyridine rings is 1. The maximum Gasteiger partial charge on any atom is 0.260 e. The average molecular weight is 365 g/mol. The molecule has 0 radical (unpaired) electrons. The number of anilines is 2. The molecule has 2 heterocycles. The minimum atomic E-state index is -0.137. The number of nitrogen functional groups attached to an aromatic ring is 2. The molecule has 1 aromatic heterocycles. The van der Waals surface area contributed by atoms with Gasteiger partial charge in [-0.15, -0.1) is 0 Å². The number of ether oxygens (including phenoxy) is 2. The summed E-state index contributed by atoms with van der Waals surface area (Å²) in [5, 5.41) is 1.36. The first-order valence-electron chi connectivity index (χ1n) is 9.06. The second kappa shape index (κ2) is 6.96. The van der Waals surface area contributed by atoms with Crippen LogP contribution in [0.15, 0.2) is 47.3 Å². The van der Waals surface area contributed by atoms with Crippen molar-refractivity contribution in [1.29, 1.82) is 0 Å². The summed E-state index contributed by atoms with van der Waals surface area (Å²) < 4.78 is 12.6. The summed E-state index contributed by atoms with van der Waals surface area (Å²) in [5.74, 6) is 1.21. The van der Waals surface area contributed by atoms with Crippen LogP contribution in [0, 0.1) is 0 Å². The molecule has 1 unspecified atom stereocenters. The Morgan fingerprint density at radius 3 is 2.59 bits per heavy atom. The molecule has 0 bridgehead atoms. The molecule has 2 aromatic carbocycles. The number of rotatable bonds is 4. The maximum atomic E-state index is 13.1. The number of fused-ring (bicyclic) bond motifs is 1. The van der Waals surface area contributed by atoms with Crippen LogP contribution >= 0.6 is 0 Å². The summed E-state index contributed by atoms with van der Waals surface area (Å²) in [6.45, 7) is 1.17. The number of nitrogens with zero attached hydrogens (tertiary/aromatic N) is 1. The Balaban J connectivity index is 1.96. The first-order valence-corrected chi connectivity index (χ1v) is 9.06. The SMILES string of the molecule is COc1ccc(-c2c(N)n(CC3CCCO3)c(=O)c3cc(N)ccc23)cc1. The van der Waals surface area contributed by atoms with E-state index in [1.54, 1.807) is 23.8 Å². The van der Waals surface area contributed by atoms with E-state index >= 15 is 0 Å². The fourth-order valence-electron chi connectivity index (χ4n) is 3.72. The van der Waals surface area contributed by atoms with Crippen LogP contribution in [0.25, 0.3) is 21.9 Å². The highest BCUT2D eigenvalue weighted by Crippen LogP contribution is 2.34. The van der Waals surface area contributed by atoms with Crippen molar-refractivity contribution in [1.82, 2.24) is 4.57 Å². The summed E-state index contributed by atoms with van der Waals surface area (Å²) in [5.41, 5.74) is 14.6. The van der Waals surface area contributed by atoms with E-state index in [0.29, 0.717) is 23.4 Å². The summed E-state index contributed by atoms with van der Waals surface area (Å²) in [7, 11) is 1.63. The number of hydrogen-bond acceptors (Lipinski definition) is 5. The van der Waals surface area contributed by atoms with Gasteiger partial charge in [0.2, 0.25) is 0 Å². The minimum Gasteiger partial charge on any atom is -0.497 e. The van der Waals surface area contributed by atoms with E-state index in [1.807, 2.05) is 30.3 Å². The zero-order chi connectivity index (χ0) is 19.0. The van der Waals surface area contributed by atoms with Crippen LogP contribution in [0.4, 0.5) is 11.5 Å². The van der Waals surface area contributed by atoms with Crippen molar-refractivity contribution < 1.29 is 9.47 Å². The third-order valence-corrected chi connectivity index (χ3v) is 5.12. The Morgan fingerprint density at radius 2 is 1.93 bits per heavy atom. The lowest BCUT2D eigenvalue weighted by atomic mass is 9.98. The van der Waals surface area contributed by atoms with Gasteiger partial charge in [-0.3, -0.25) is 9.36 Å². The number of nitrogens with two attached hydrogens (primary N) is 2. The molecule has 6 heteroatoms. The van der Waals surface area contributed by atoms with Crippen LogP contribution in [0.2, 0.25) is 0 Å². The molecule has 0 saturated carbocycles. The third-order valence-electron chi connectivity index (χ3n) is 5.12. The van der Waals surface area contributed by atoms with E-state index in [-0.39, 0.29) is 11.7 Å². The van der Waals surface area contributed by atoms with Crippen molar-refractivity contribution in [3.63, 3.8) is 0 Å². The predicted molar refractivity (Wildman–Crippen MR) is 108 cm³/mol. The van der Waals surface area contributed by atoms with Gasteiger partial charge in [-0.2, -0.15) is 0 Å². The van der Waals surface area contributed by atoms with Crippen LogP contribution in [-0.2, 0) is 11.3 Å². The van der Waals surface area contributed by atoms with E-state index in [9.17, 15) is 4.79 Å². The van der Waals surface area contributed by atoms with Crippen LogP contribution < -0.4 is 21.8 Å². The van der Waals surface area contributed by atoms with Crippen LogP contribution in [0.3, 0.4) is 0 Å². The lowest BCUT2D eigenvalue weighted by Gasteiger charge is -2.19. The first kappa shape index (κ1) is 17.4. The van der Waals surface area contributed by atoms with E-state index in [2.05, 4.69) is 0 Å². The Morgan fingerprint density at radius 1 is 1.15 bits per heavy atom. The quantitative estimate of drug-likeness (QED) is 0.693. The molecule has 27 heavy (non-hydrogen) atoms. The topological polar surface area (TPSA) is 92.5 Å². The van der Waals surface area contributed by atoms with Crippen molar-refractivity contribution in [3.05, 3.63) is 52.8 Å². The molecule has 1 fully saturated rings. The van der Waals surface area contributed by atoms with Gasteiger partial charge in [-0.25, -0.2) is 0 Å². The molecule has 3 aromatic rings. The zero-order valence-electron chi connectivity index (χ0n) is 15.3. The Kier molecular flexibility index (Phi) is 4.49. The summed E-state index contributed by atoms with van der Waals surface area (Å²) in [6, 6.07) is 13.0. The van der Waals surface area contributed by atoms with Gasteiger partial charge in [-0.05, 0) is 48.1 Å². The molecular weight excluding hydrogens is 342 g/mol. The molecule has 140 valence electrons. The van der Waals surface area contributed by atoms with E-state index in [4.69, 9.17) is 20.9 Å². The van der Waals surface area contributed by atoms with Crippen molar-refractivity contribution in [2.45, 2.75) is 25.5 Å². The normalized spacial score (nSPS) is 16.7. The molecule has 0 amide bonds. The van der Waals surface area contributed by atoms with E-state index in [1.165, 1.54) is 0 Å². The molecule has 1 saturated heterocycles. The molecule has 6 nitrogen and oxygen atoms in total.